The predicted octanol–water partition coefficient (Wildman–Crippen LogP) is -0.473. The van der Waals surface area contributed by atoms with Gasteiger partial charge < -0.3 is 9.64 Å². The second-order valence-electron chi connectivity index (χ2n) is 4.14. The summed E-state index contributed by atoms with van der Waals surface area (Å²) in [6.07, 6.45) is 1.21. The maximum atomic E-state index is 5.58. The van der Waals surface area contributed by atoms with Crippen LogP contribution in [0.15, 0.2) is 0 Å². The Morgan fingerprint density at radius 2 is 2.23 bits per heavy atom. The van der Waals surface area contributed by atoms with E-state index in [0.717, 1.165) is 26.3 Å². The van der Waals surface area contributed by atoms with Crippen LogP contribution in [0.1, 0.15) is 6.42 Å². The van der Waals surface area contributed by atoms with Crippen LogP contribution in [0, 0.1) is 0 Å². The summed E-state index contributed by atoms with van der Waals surface area (Å²) in [6.45, 7) is 5.03. The maximum Gasteiger partial charge on any atom is 0.0726 e. The standard InChI is InChI=1S/C9H19N3O/c1-10-12-5-6-13-8-9(12)3-4-11(2)7-9/h10H,3-8H2,1-2H3. The van der Waals surface area contributed by atoms with Crippen LogP contribution >= 0.6 is 0 Å². The van der Waals surface area contributed by atoms with E-state index >= 15 is 0 Å². The van der Waals surface area contributed by atoms with E-state index in [1.165, 1.54) is 13.0 Å². The van der Waals surface area contributed by atoms with Gasteiger partial charge in [0.1, 0.15) is 0 Å². The highest BCUT2D eigenvalue weighted by atomic mass is 16.5. The van der Waals surface area contributed by atoms with Gasteiger partial charge in [0, 0.05) is 13.1 Å². The van der Waals surface area contributed by atoms with Gasteiger partial charge in [0.25, 0.3) is 0 Å². The number of likely N-dealkylation sites (tertiary alicyclic amines) is 1. The van der Waals surface area contributed by atoms with Crippen molar-refractivity contribution in [1.82, 2.24) is 15.3 Å². The van der Waals surface area contributed by atoms with Crippen molar-refractivity contribution >= 4 is 0 Å². The van der Waals surface area contributed by atoms with Crippen LogP contribution < -0.4 is 5.43 Å². The van der Waals surface area contributed by atoms with Crippen LogP contribution in [0.5, 0.6) is 0 Å². The molecule has 0 aliphatic carbocycles. The molecule has 0 aromatic heterocycles. The van der Waals surface area contributed by atoms with Crippen LogP contribution in [-0.2, 0) is 4.74 Å². The molecule has 0 aromatic carbocycles. The Morgan fingerprint density at radius 3 is 2.85 bits per heavy atom. The number of likely N-dealkylation sites (N-methyl/N-ethyl adjacent to an activating group) is 1. The normalized spacial score (nSPS) is 37.4. The van der Waals surface area contributed by atoms with Gasteiger partial charge >= 0.3 is 0 Å². The minimum atomic E-state index is 0.238. The van der Waals surface area contributed by atoms with Crippen LogP contribution in [0.25, 0.3) is 0 Å². The van der Waals surface area contributed by atoms with Gasteiger partial charge in [0.2, 0.25) is 0 Å². The first-order valence-electron chi connectivity index (χ1n) is 4.98. The van der Waals surface area contributed by atoms with Crippen molar-refractivity contribution in [2.45, 2.75) is 12.0 Å². The second kappa shape index (κ2) is 3.53. The molecule has 2 fully saturated rings. The highest BCUT2D eigenvalue weighted by Crippen LogP contribution is 2.28. The Labute approximate surface area is 79.8 Å². The molecular weight excluding hydrogens is 166 g/mol. The first-order chi connectivity index (χ1) is 6.27. The summed E-state index contributed by atoms with van der Waals surface area (Å²) in [5.74, 6) is 0. The number of hydrogen-bond donors (Lipinski definition) is 1. The number of rotatable bonds is 1. The van der Waals surface area contributed by atoms with Gasteiger partial charge in [-0.1, -0.05) is 0 Å². The number of hydrogen-bond acceptors (Lipinski definition) is 4. The third-order valence-corrected chi connectivity index (χ3v) is 3.20. The summed E-state index contributed by atoms with van der Waals surface area (Å²) < 4.78 is 5.58. The molecule has 0 radical (unpaired) electrons. The molecule has 4 heteroatoms. The van der Waals surface area contributed by atoms with Crippen LogP contribution in [0.3, 0.4) is 0 Å². The minimum Gasteiger partial charge on any atom is -0.378 e. The molecule has 1 atom stereocenters. The number of morpholine rings is 1. The summed E-state index contributed by atoms with van der Waals surface area (Å²) in [4.78, 5) is 2.37. The van der Waals surface area contributed by atoms with E-state index in [1.807, 2.05) is 7.05 Å². The Balaban J connectivity index is 2.08. The van der Waals surface area contributed by atoms with Crippen molar-refractivity contribution < 1.29 is 4.74 Å². The van der Waals surface area contributed by atoms with E-state index < -0.39 is 0 Å². The first kappa shape index (κ1) is 9.40. The van der Waals surface area contributed by atoms with Crippen molar-refractivity contribution in [3.8, 4) is 0 Å². The van der Waals surface area contributed by atoms with Gasteiger partial charge in [-0.2, -0.15) is 0 Å². The molecule has 0 aromatic rings. The molecule has 4 nitrogen and oxygen atoms in total. The predicted molar refractivity (Wildman–Crippen MR) is 51.4 cm³/mol. The molecule has 0 amide bonds. The zero-order chi connectivity index (χ0) is 9.31. The largest absolute Gasteiger partial charge is 0.378 e. The smallest absolute Gasteiger partial charge is 0.0726 e. The zero-order valence-electron chi connectivity index (χ0n) is 8.55. The second-order valence-corrected chi connectivity index (χ2v) is 4.14. The van der Waals surface area contributed by atoms with Crippen LogP contribution in [0.2, 0.25) is 0 Å². The summed E-state index contributed by atoms with van der Waals surface area (Å²) in [5.41, 5.74) is 3.52. The van der Waals surface area contributed by atoms with Crippen molar-refractivity contribution in [3.05, 3.63) is 0 Å². The quantitative estimate of drug-likeness (QED) is 0.597. The van der Waals surface area contributed by atoms with E-state index in [2.05, 4.69) is 22.4 Å². The summed E-state index contributed by atoms with van der Waals surface area (Å²) in [6, 6.07) is 0. The third kappa shape index (κ3) is 1.59. The Hall–Kier alpha value is -0.160. The molecule has 13 heavy (non-hydrogen) atoms. The molecular formula is C9H19N3O. The lowest BCUT2D eigenvalue weighted by atomic mass is 9.98. The van der Waals surface area contributed by atoms with Gasteiger partial charge in [-0.05, 0) is 27.1 Å². The Kier molecular flexibility index (Phi) is 2.55. The molecule has 2 heterocycles. The molecule has 2 rings (SSSR count). The van der Waals surface area contributed by atoms with Crippen molar-refractivity contribution in [3.63, 3.8) is 0 Å². The molecule has 76 valence electrons. The van der Waals surface area contributed by atoms with Gasteiger partial charge in [0.05, 0.1) is 18.8 Å². The highest BCUT2D eigenvalue weighted by molar-refractivity contribution is 4.98. The molecule has 1 unspecified atom stereocenters. The average molecular weight is 185 g/mol. The lowest BCUT2D eigenvalue weighted by Crippen LogP contribution is -2.62. The van der Waals surface area contributed by atoms with Crippen molar-refractivity contribution in [1.29, 1.82) is 0 Å². The molecule has 2 aliphatic heterocycles. The van der Waals surface area contributed by atoms with Crippen molar-refractivity contribution in [2.24, 2.45) is 0 Å². The lowest BCUT2D eigenvalue weighted by molar-refractivity contribution is -0.0846. The number of nitrogens with one attached hydrogen (secondary N) is 1. The van der Waals surface area contributed by atoms with Gasteiger partial charge in [-0.25, -0.2) is 5.01 Å². The maximum absolute atomic E-state index is 5.58. The summed E-state index contributed by atoms with van der Waals surface area (Å²) in [7, 11) is 4.18. The van der Waals surface area contributed by atoms with Gasteiger partial charge in [-0.15, -0.1) is 0 Å². The topological polar surface area (TPSA) is 27.7 Å². The van der Waals surface area contributed by atoms with E-state index in [4.69, 9.17) is 4.74 Å². The minimum absolute atomic E-state index is 0.238. The molecule has 2 aliphatic rings. The zero-order valence-corrected chi connectivity index (χ0v) is 8.55. The van der Waals surface area contributed by atoms with E-state index in [0.29, 0.717) is 0 Å². The molecule has 2 saturated heterocycles. The fraction of sp³-hybridized carbons (Fsp3) is 1.00. The molecule has 0 bridgehead atoms. The highest BCUT2D eigenvalue weighted by Gasteiger charge is 2.43. The van der Waals surface area contributed by atoms with Crippen molar-refractivity contribution in [2.75, 3.05) is 46.9 Å². The number of hydrazine groups is 1. The molecule has 1 spiro atoms. The van der Waals surface area contributed by atoms with Crippen LogP contribution in [-0.4, -0.2) is 62.4 Å². The van der Waals surface area contributed by atoms with E-state index in [1.54, 1.807) is 0 Å². The molecule has 1 N–H and O–H groups in total. The number of nitrogens with zero attached hydrogens (tertiary/aromatic N) is 2. The van der Waals surface area contributed by atoms with E-state index in [9.17, 15) is 0 Å². The summed E-state index contributed by atoms with van der Waals surface area (Å²) in [5, 5.41) is 2.35. The molecule has 0 saturated carbocycles. The van der Waals surface area contributed by atoms with Gasteiger partial charge in [0.15, 0.2) is 0 Å². The Bertz CT molecular complexity index is 184. The fourth-order valence-electron chi connectivity index (χ4n) is 2.48. The Morgan fingerprint density at radius 1 is 1.38 bits per heavy atom. The first-order valence-corrected chi connectivity index (χ1v) is 4.98. The average Bonchev–Trinajstić information content (AvgIpc) is 2.49. The summed E-state index contributed by atoms with van der Waals surface area (Å²) >= 11 is 0. The SMILES string of the molecule is CNN1CCOCC12CCN(C)C2. The lowest BCUT2D eigenvalue weighted by Gasteiger charge is -2.43. The van der Waals surface area contributed by atoms with Crippen LogP contribution in [0.4, 0.5) is 0 Å². The number of ether oxygens (including phenoxy) is 1. The van der Waals surface area contributed by atoms with Gasteiger partial charge in [-0.3, -0.25) is 5.43 Å². The monoisotopic (exact) mass is 185 g/mol. The van der Waals surface area contributed by atoms with E-state index in [-0.39, 0.29) is 5.54 Å². The fourth-order valence-corrected chi connectivity index (χ4v) is 2.48. The third-order valence-electron chi connectivity index (χ3n) is 3.20.